The van der Waals surface area contributed by atoms with Crippen molar-refractivity contribution in [1.82, 2.24) is 9.97 Å². The fourth-order valence-corrected chi connectivity index (χ4v) is 12.4. The van der Waals surface area contributed by atoms with Gasteiger partial charge >= 0.3 is 11.9 Å². The number of carboxylic acid groups (broad SMARTS) is 2. The summed E-state index contributed by atoms with van der Waals surface area (Å²) in [4.78, 5) is 32.6. The van der Waals surface area contributed by atoms with Crippen molar-refractivity contribution in [3.8, 4) is 56.0 Å². The molecule has 0 amide bonds. The second kappa shape index (κ2) is 27.6. The molecule has 0 spiro atoms. The van der Waals surface area contributed by atoms with Gasteiger partial charge in [0.1, 0.15) is 11.5 Å². The highest BCUT2D eigenvalue weighted by Gasteiger charge is 2.20. The molecule has 76 heavy (non-hydrogen) atoms. The first kappa shape index (κ1) is 53.7. The molecule has 7 aromatic rings. The van der Waals surface area contributed by atoms with Gasteiger partial charge in [0.05, 0.1) is 36.0 Å². The van der Waals surface area contributed by atoms with E-state index in [9.17, 15) is 9.59 Å². The minimum atomic E-state index is -0.704. The first-order chi connectivity index (χ1) is 37.4. The van der Waals surface area contributed by atoms with E-state index >= 15 is 0 Å². The van der Waals surface area contributed by atoms with Gasteiger partial charge in [-0.2, -0.15) is 0 Å². The van der Waals surface area contributed by atoms with Crippen LogP contribution in [0.2, 0.25) is 0 Å². The van der Waals surface area contributed by atoms with E-state index in [2.05, 4.69) is 158 Å². The van der Waals surface area contributed by atoms with E-state index in [4.69, 9.17) is 29.7 Å². The van der Waals surface area contributed by atoms with E-state index in [0.29, 0.717) is 13.2 Å². The summed E-state index contributed by atoms with van der Waals surface area (Å²) in [5, 5.41) is 17.8. The van der Waals surface area contributed by atoms with Crippen molar-refractivity contribution >= 4 is 77.7 Å². The van der Waals surface area contributed by atoms with Crippen molar-refractivity contribution in [3.63, 3.8) is 0 Å². The van der Waals surface area contributed by atoms with Crippen molar-refractivity contribution in [2.45, 2.75) is 116 Å². The summed E-state index contributed by atoms with van der Waals surface area (Å²) >= 11 is 3.52. The molecular formula is C66H68N2O6S2. The average Bonchev–Trinajstić information content (AvgIpc) is 4.33. The summed E-state index contributed by atoms with van der Waals surface area (Å²) in [5.74, 6) is 0.283. The van der Waals surface area contributed by atoms with Crippen LogP contribution in [0.5, 0.6) is 11.5 Å². The topological polar surface area (TPSA) is 119 Å². The number of unbranched alkanes of at least 4 members (excludes halogenated alkanes) is 14. The molecule has 2 N–H and O–H groups in total. The first-order valence-corrected chi connectivity index (χ1v) is 29.0. The quantitative estimate of drug-likeness (QED) is 0.0466. The van der Waals surface area contributed by atoms with E-state index in [1.807, 2.05) is 0 Å². The van der Waals surface area contributed by atoms with Crippen LogP contribution in [-0.4, -0.2) is 45.3 Å². The van der Waals surface area contributed by atoms with Crippen LogP contribution in [0.25, 0.3) is 87.6 Å². The number of nitrogens with zero attached hydrogens (tertiary/aromatic N) is 2. The Morgan fingerprint density at radius 3 is 0.921 bits per heavy atom. The molecule has 0 saturated carbocycles. The third-order valence-corrected chi connectivity index (χ3v) is 16.3. The maximum absolute atomic E-state index is 10.8. The van der Waals surface area contributed by atoms with Gasteiger partial charge in [-0.05, 0) is 121 Å². The number of carbonyl (C=O) groups is 2. The average molecular weight is 1050 g/mol. The minimum absolute atomic E-state index is 0.269. The zero-order chi connectivity index (χ0) is 52.3. The lowest BCUT2D eigenvalue weighted by molar-refractivity contribution is -0.138. The molecule has 8 bridgehead atoms. The van der Waals surface area contributed by atoms with Crippen molar-refractivity contribution in [2.75, 3.05) is 13.2 Å². The molecule has 9 rings (SSSR count). The molecule has 0 fully saturated rings. The molecule has 2 aliphatic rings. The molecule has 2 aliphatic heterocycles. The summed E-state index contributed by atoms with van der Waals surface area (Å²) in [6, 6.07) is 47.1. The van der Waals surface area contributed by atoms with Crippen LogP contribution in [0.4, 0.5) is 0 Å². The highest BCUT2D eigenvalue weighted by Crippen LogP contribution is 2.43. The van der Waals surface area contributed by atoms with Crippen molar-refractivity contribution in [1.29, 1.82) is 0 Å². The van der Waals surface area contributed by atoms with Crippen molar-refractivity contribution < 1.29 is 29.3 Å². The van der Waals surface area contributed by atoms with Crippen LogP contribution >= 0.6 is 22.7 Å². The third kappa shape index (κ3) is 14.6. The Kier molecular flexibility index (Phi) is 19.5. The molecule has 0 saturated heterocycles. The van der Waals surface area contributed by atoms with Crippen LogP contribution < -0.4 is 9.47 Å². The number of hydrogen-bond acceptors (Lipinski definition) is 8. The molecule has 390 valence electrons. The number of carboxylic acids is 2. The number of aliphatic carboxylic acids is 2. The van der Waals surface area contributed by atoms with Gasteiger partial charge in [0.15, 0.2) is 0 Å². The summed E-state index contributed by atoms with van der Waals surface area (Å²) in [6.45, 7) is 1.32. The summed E-state index contributed by atoms with van der Waals surface area (Å²) < 4.78 is 17.0. The smallest absolute Gasteiger partial charge is 0.303 e. The van der Waals surface area contributed by atoms with Gasteiger partial charge in [0.2, 0.25) is 0 Å². The monoisotopic (exact) mass is 1050 g/mol. The standard InChI is InChI=1S/C66H68N2O6S2/c69-61(70)27-19-9-5-1-3-7-11-21-45-73-51-33-29-49(30-34-51)65-55-39-37-53(67-55)63(47-23-15-13-16-24-47)57-41-42-58(75-57)64(48-25-17-14-18-26-48)54-38-40-56(68-54)66(60-44-43-59(65)76-60)50-31-35-52(36-32-50)74-46-22-12-8-4-2-6-10-20-28-62(71)72/h13-18,23-26,29-44H,1-12,19-22,27-28,45-46H2,(H,69,70)(H,71,72). The SMILES string of the molecule is O=C(O)CCCCCCCCCCOc1ccc(-c2c3nc(c(-c4ccccc4)c4ccc(s4)c(-c4ccccc4)c4nc(c(-c5ccc(OCCCCCCCCCCC(=O)O)cc5)c5ccc2s5)C=C4)C=C3)cc1. The van der Waals surface area contributed by atoms with Crippen molar-refractivity contribution in [3.05, 3.63) is 156 Å². The molecule has 10 heteroatoms. The lowest BCUT2D eigenvalue weighted by Crippen LogP contribution is -1.97. The van der Waals surface area contributed by atoms with Gasteiger partial charge in [-0.3, -0.25) is 9.59 Å². The molecule has 8 nitrogen and oxygen atoms in total. The maximum Gasteiger partial charge on any atom is 0.303 e. The second-order valence-electron chi connectivity index (χ2n) is 19.7. The van der Waals surface area contributed by atoms with Crippen LogP contribution in [-0.2, 0) is 9.59 Å². The lowest BCUT2D eigenvalue weighted by atomic mass is 10.0. The largest absolute Gasteiger partial charge is 0.494 e. The molecule has 3 aromatic heterocycles. The van der Waals surface area contributed by atoms with E-state index < -0.39 is 11.9 Å². The molecule has 0 atom stereocenters. The molecule has 0 radical (unpaired) electrons. The van der Waals surface area contributed by atoms with Gasteiger partial charge in [0.25, 0.3) is 0 Å². The molecule has 0 aliphatic carbocycles. The van der Waals surface area contributed by atoms with Gasteiger partial charge < -0.3 is 19.7 Å². The van der Waals surface area contributed by atoms with E-state index in [1.54, 1.807) is 22.7 Å². The highest BCUT2D eigenvalue weighted by molar-refractivity contribution is 7.24. The molecular weight excluding hydrogens is 981 g/mol. The molecule has 5 heterocycles. The van der Waals surface area contributed by atoms with Gasteiger partial charge in [-0.1, -0.05) is 162 Å². The predicted octanol–water partition coefficient (Wildman–Crippen LogP) is 18.7. The van der Waals surface area contributed by atoms with E-state index in [-0.39, 0.29) is 12.8 Å². The summed E-state index contributed by atoms with van der Waals surface area (Å²) in [5.41, 5.74) is 12.2. The number of hydrogen-bond donors (Lipinski definition) is 2. The van der Waals surface area contributed by atoms with Crippen molar-refractivity contribution in [2.24, 2.45) is 0 Å². The first-order valence-electron chi connectivity index (χ1n) is 27.4. The normalized spacial score (nSPS) is 11.8. The maximum atomic E-state index is 10.8. The third-order valence-electron chi connectivity index (χ3n) is 14.0. The summed E-state index contributed by atoms with van der Waals surface area (Å²) in [6.07, 6.45) is 26.1. The van der Waals surface area contributed by atoms with Gasteiger partial charge in [-0.25, -0.2) is 9.97 Å². The lowest BCUT2D eigenvalue weighted by Gasteiger charge is -2.09. The van der Waals surface area contributed by atoms with Gasteiger partial charge in [0, 0.05) is 53.9 Å². The fourth-order valence-electron chi connectivity index (χ4n) is 10.1. The molecule has 0 unspecified atom stereocenters. The number of ether oxygens (including phenoxy) is 2. The Balaban J connectivity index is 1.04. The fraction of sp³-hybridized carbons (Fsp3) is 0.303. The number of benzene rings is 4. The van der Waals surface area contributed by atoms with Gasteiger partial charge in [-0.15, -0.1) is 22.7 Å². The number of thiophene rings is 2. The van der Waals surface area contributed by atoms with Crippen LogP contribution in [0.15, 0.2) is 133 Å². The Hall–Kier alpha value is -7.14. The Morgan fingerprint density at radius 1 is 0.342 bits per heavy atom. The van der Waals surface area contributed by atoms with E-state index in [0.717, 1.165) is 187 Å². The minimum Gasteiger partial charge on any atom is -0.494 e. The summed E-state index contributed by atoms with van der Waals surface area (Å²) in [7, 11) is 0. The number of aromatic nitrogens is 2. The zero-order valence-corrected chi connectivity index (χ0v) is 45.0. The zero-order valence-electron chi connectivity index (χ0n) is 43.4. The number of rotatable bonds is 28. The van der Waals surface area contributed by atoms with Crippen LogP contribution in [0.1, 0.15) is 138 Å². The highest BCUT2D eigenvalue weighted by atomic mass is 32.1. The number of fused-ring (bicyclic) bond motifs is 8. The Morgan fingerprint density at radius 2 is 0.618 bits per heavy atom. The van der Waals surface area contributed by atoms with E-state index in [1.165, 1.54) is 12.8 Å². The van der Waals surface area contributed by atoms with Crippen LogP contribution in [0.3, 0.4) is 0 Å². The predicted molar refractivity (Wildman–Crippen MR) is 317 cm³/mol. The Bertz CT molecular complexity index is 3050. The van der Waals surface area contributed by atoms with Crippen LogP contribution in [0, 0.1) is 0 Å². The Labute approximate surface area is 455 Å². The molecule has 4 aromatic carbocycles. The second-order valence-corrected chi connectivity index (χ2v) is 21.8.